The first-order valence-corrected chi connectivity index (χ1v) is 22.4. The zero-order chi connectivity index (χ0) is 48.1. The number of hydrogen-bond donors (Lipinski definition) is 0. The van der Waals surface area contributed by atoms with Gasteiger partial charge in [-0.3, -0.25) is 28.8 Å². The third-order valence-electron chi connectivity index (χ3n) is 11.1. The van der Waals surface area contributed by atoms with E-state index in [2.05, 4.69) is 0 Å². The number of ketones is 2. The van der Waals surface area contributed by atoms with Gasteiger partial charge in [-0.15, -0.1) is 0 Å². The number of benzene rings is 2. The average molecular weight is 937 g/mol. The van der Waals surface area contributed by atoms with Crippen molar-refractivity contribution in [1.82, 2.24) is 0 Å². The van der Waals surface area contributed by atoms with E-state index < -0.39 is 65.6 Å². The third kappa shape index (κ3) is 15.3. The fourth-order valence-electron chi connectivity index (χ4n) is 7.96. The summed E-state index contributed by atoms with van der Waals surface area (Å²) < 4.78 is 67.7. The Morgan fingerprint density at radius 2 is 0.970 bits per heavy atom. The molecule has 4 aliphatic rings. The second-order valence-corrected chi connectivity index (χ2v) is 17.3. The fourth-order valence-corrected chi connectivity index (χ4v) is 7.96. The van der Waals surface area contributed by atoms with Gasteiger partial charge < -0.3 is 56.8 Å². The molecule has 0 aromatic heterocycles. The van der Waals surface area contributed by atoms with Gasteiger partial charge in [0.05, 0.1) is 32.8 Å². The van der Waals surface area contributed by atoms with Crippen LogP contribution < -0.4 is 18.9 Å². The number of allylic oxidation sites excluding steroid dienone is 2. The molecule has 4 saturated heterocycles. The van der Waals surface area contributed by atoms with Crippen LogP contribution in [-0.4, -0.2) is 124 Å². The summed E-state index contributed by atoms with van der Waals surface area (Å²) in [6, 6.07) is 9.40. The number of fused-ring (bicyclic) bond motifs is 2. The molecule has 4 heterocycles. The molecule has 6 unspecified atom stereocenters. The van der Waals surface area contributed by atoms with Crippen LogP contribution >= 0.6 is 0 Å². The predicted molar refractivity (Wildman–Crippen MR) is 236 cm³/mol. The fraction of sp³-hybridized carbons (Fsp3) is 0.551. The van der Waals surface area contributed by atoms with Gasteiger partial charge in [0.1, 0.15) is 37.6 Å². The van der Waals surface area contributed by atoms with Gasteiger partial charge in [0.15, 0.2) is 46.1 Å². The van der Waals surface area contributed by atoms with E-state index in [1.54, 1.807) is 24.3 Å². The van der Waals surface area contributed by atoms with Crippen LogP contribution in [0.25, 0.3) is 12.2 Å². The molecular weight excluding hydrogens is 877 g/mol. The first-order valence-electron chi connectivity index (χ1n) is 22.4. The van der Waals surface area contributed by atoms with Crippen molar-refractivity contribution >= 4 is 47.6 Å². The first-order chi connectivity index (χ1) is 32.0. The van der Waals surface area contributed by atoms with Crippen molar-refractivity contribution in [2.75, 3.05) is 40.6 Å². The second kappa shape index (κ2) is 23.5. The lowest BCUT2D eigenvalue weighted by atomic mass is 10.0. The van der Waals surface area contributed by atoms with E-state index in [1.807, 2.05) is 27.7 Å². The molecule has 0 aliphatic carbocycles. The molecule has 2 aromatic carbocycles. The summed E-state index contributed by atoms with van der Waals surface area (Å²) in [5.41, 5.74) is 1.10. The van der Waals surface area contributed by atoms with E-state index in [-0.39, 0.29) is 99.2 Å². The van der Waals surface area contributed by atoms with E-state index in [1.165, 1.54) is 50.7 Å². The maximum absolute atomic E-state index is 12.7. The smallest absolute Gasteiger partial charge is 0.311 e. The number of rotatable bonds is 22. The van der Waals surface area contributed by atoms with Gasteiger partial charge in [-0.2, -0.15) is 0 Å². The van der Waals surface area contributed by atoms with Gasteiger partial charge in [0.25, 0.3) is 0 Å². The molecule has 18 heteroatoms. The lowest BCUT2D eigenvalue weighted by molar-refractivity contribution is -0.168. The summed E-state index contributed by atoms with van der Waals surface area (Å²) in [4.78, 5) is 75.3. The highest BCUT2D eigenvalue weighted by molar-refractivity contribution is 6.11. The van der Waals surface area contributed by atoms with Crippen molar-refractivity contribution in [3.63, 3.8) is 0 Å². The van der Waals surface area contributed by atoms with Crippen molar-refractivity contribution in [1.29, 1.82) is 0 Å². The van der Waals surface area contributed by atoms with Gasteiger partial charge in [-0.25, -0.2) is 0 Å². The quantitative estimate of drug-likeness (QED) is 0.0589. The number of carbonyl (C=O) groups excluding carboxylic acids is 6. The van der Waals surface area contributed by atoms with Crippen LogP contribution in [-0.2, 0) is 66.7 Å². The van der Waals surface area contributed by atoms with E-state index in [0.717, 1.165) is 0 Å². The summed E-state index contributed by atoms with van der Waals surface area (Å²) in [5, 5.41) is 0. The molecule has 0 spiro atoms. The Balaban J connectivity index is 0.868. The molecule has 0 saturated carbocycles. The Morgan fingerprint density at radius 3 is 1.37 bits per heavy atom. The van der Waals surface area contributed by atoms with Gasteiger partial charge in [0.2, 0.25) is 0 Å². The molecule has 4 fully saturated rings. The maximum Gasteiger partial charge on any atom is 0.311 e. The lowest BCUT2D eigenvalue weighted by Gasteiger charge is -2.31. The van der Waals surface area contributed by atoms with Crippen LogP contribution in [0.15, 0.2) is 48.6 Å². The minimum atomic E-state index is -0.729. The van der Waals surface area contributed by atoms with E-state index >= 15 is 0 Å². The van der Waals surface area contributed by atoms with Crippen molar-refractivity contribution in [2.24, 2.45) is 0 Å². The summed E-state index contributed by atoms with van der Waals surface area (Å²) in [6.45, 7) is 8.33. The summed E-state index contributed by atoms with van der Waals surface area (Å²) in [7, 11) is 2.81. The first kappa shape index (κ1) is 50.9. The SMILES string of the molecule is COc1cc(/C=C/C(=O)CC(=O)/C=C/c2ccc(OC(=O)CCCC(=O)OCC3OCCC4OC(C)(C)OC34)c(OC)c2)ccc1OC(=O)CCCC(=O)OCC1OCCC2OC(C)(C)OC12. The predicted octanol–water partition coefficient (Wildman–Crippen LogP) is 5.81. The molecule has 0 bridgehead atoms. The molecule has 6 atom stereocenters. The molecule has 4 aliphatic heterocycles. The van der Waals surface area contributed by atoms with Crippen LogP contribution in [0.3, 0.4) is 0 Å². The molecule has 364 valence electrons. The summed E-state index contributed by atoms with van der Waals surface area (Å²) in [6.07, 6.45) is 5.09. The van der Waals surface area contributed by atoms with Crippen molar-refractivity contribution in [2.45, 2.75) is 134 Å². The third-order valence-corrected chi connectivity index (χ3v) is 11.1. The van der Waals surface area contributed by atoms with E-state index in [0.29, 0.717) is 37.2 Å². The molecule has 0 N–H and O–H groups in total. The highest BCUT2D eigenvalue weighted by atomic mass is 16.8. The molecule has 67 heavy (non-hydrogen) atoms. The number of esters is 4. The van der Waals surface area contributed by atoms with Gasteiger partial charge in [-0.1, -0.05) is 24.3 Å². The van der Waals surface area contributed by atoms with Crippen molar-refractivity contribution in [3.05, 3.63) is 59.7 Å². The largest absolute Gasteiger partial charge is 0.493 e. The summed E-state index contributed by atoms with van der Waals surface area (Å²) >= 11 is 0. The van der Waals surface area contributed by atoms with Crippen molar-refractivity contribution < 1.29 is 85.6 Å². The van der Waals surface area contributed by atoms with E-state index in [4.69, 9.17) is 56.8 Å². The Morgan fingerprint density at radius 1 is 0.567 bits per heavy atom. The lowest BCUT2D eigenvalue weighted by Crippen LogP contribution is -2.45. The number of ether oxygens (including phenoxy) is 12. The molecule has 0 radical (unpaired) electrons. The number of methoxy groups -OCH3 is 2. The minimum absolute atomic E-state index is 0.00333. The van der Waals surface area contributed by atoms with Crippen molar-refractivity contribution in [3.8, 4) is 23.0 Å². The Bertz CT molecular complexity index is 2010. The molecule has 2 aromatic rings. The van der Waals surface area contributed by atoms with E-state index in [9.17, 15) is 28.8 Å². The second-order valence-electron chi connectivity index (χ2n) is 17.3. The normalized spacial score (nSPS) is 23.8. The van der Waals surface area contributed by atoms with Crippen LogP contribution in [0.2, 0.25) is 0 Å². The molecule has 0 amide bonds. The van der Waals surface area contributed by atoms with Crippen LogP contribution in [0.4, 0.5) is 0 Å². The zero-order valence-corrected chi connectivity index (χ0v) is 38.8. The highest BCUT2D eigenvalue weighted by Gasteiger charge is 2.49. The minimum Gasteiger partial charge on any atom is -0.493 e. The number of hydrogen-bond acceptors (Lipinski definition) is 18. The molecular formula is C49H60O18. The molecule has 18 nitrogen and oxygen atoms in total. The van der Waals surface area contributed by atoms with Gasteiger partial charge in [-0.05, 0) is 101 Å². The topological polar surface area (TPSA) is 213 Å². The Hall–Kier alpha value is -5.50. The molecule has 6 rings (SSSR count). The summed E-state index contributed by atoms with van der Waals surface area (Å²) in [5.74, 6) is -3.68. The monoisotopic (exact) mass is 936 g/mol. The van der Waals surface area contributed by atoms with Gasteiger partial charge >= 0.3 is 23.9 Å². The Kier molecular flexibility index (Phi) is 17.8. The highest BCUT2D eigenvalue weighted by Crippen LogP contribution is 2.37. The maximum atomic E-state index is 12.7. The Labute approximate surface area is 389 Å². The van der Waals surface area contributed by atoms with Crippen LogP contribution in [0, 0.1) is 0 Å². The average Bonchev–Trinajstić information content (AvgIpc) is 3.80. The zero-order valence-electron chi connectivity index (χ0n) is 38.8. The number of carbonyl (C=O) groups is 6. The van der Waals surface area contributed by atoms with Gasteiger partial charge in [0, 0.05) is 38.9 Å². The van der Waals surface area contributed by atoms with Crippen LogP contribution in [0.1, 0.15) is 96.6 Å². The standard InChI is InChI=1S/C49H60O18/c1-48(2)64-36-21-23-58-40(46(36)66-48)28-60-42(52)9-7-11-44(54)62-34-19-15-30(25-38(34)56-5)13-17-32(50)27-33(51)18-14-31-16-20-35(39(26-31)57-6)63-45(55)12-8-10-43(53)61-29-41-47-37(22-24-59-41)65-49(3,4)67-47/h13-20,25-26,36-37,40-41,46-47H,7-12,21-24,27-29H2,1-6H3/b17-13+,18-14+. The van der Waals surface area contributed by atoms with Crippen LogP contribution in [0.5, 0.6) is 23.0 Å².